The minimum absolute atomic E-state index is 0.0667. The van der Waals surface area contributed by atoms with Gasteiger partial charge in [-0.2, -0.15) is 0 Å². The van der Waals surface area contributed by atoms with Crippen LogP contribution in [0.25, 0.3) is 0 Å². The van der Waals surface area contributed by atoms with E-state index >= 15 is 0 Å². The van der Waals surface area contributed by atoms with E-state index in [1.165, 1.54) is 17.1 Å². The lowest BCUT2D eigenvalue weighted by molar-refractivity contribution is -0.121. The van der Waals surface area contributed by atoms with Crippen LogP contribution in [0.15, 0.2) is 24.3 Å². The number of carbonyl (C=O) groups excluding carboxylic acids is 1. The van der Waals surface area contributed by atoms with Crippen molar-refractivity contribution in [3.63, 3.8) is 0 Å². The maximum Gasteiger partial charge on any atom is 0.220 e. The zero-order chi connectivity index (χ0) is 15.9. The molecule has 22 heavy (non-hydrogen) atoms. The van der Waals surface area contributed by atoms with Crippen LogP contribution < -0.4 is 5.32 Å². The smallest absolute Gasteiger partial charge is 0.220 e. The largest absolute Gasteiger partial charge is 0.351 e. The molecule has 1 aromatic heterocycles. The summed E-state index contributed by atoms with van der Waals surface area (Å²) in [7, 11) is 0. The molecule has 1 amide bonds. The highest BCUT2D eigenvalue weighted by Crippen LogP contribution is 2.19. The highest BCUT2D eigenvalue weighted by Gasteiger charge is 2.12. The quantitative estimate of drug-likeness (QED) is 0.832. The van der Waals surface area contributed by atoms with Crippen molar-refractivity contribution in [2.45, 2.75) is 45.6 Å². The van der Waals surface area contributed by atoms with Crippen molar-refractivity contribution >= 4 is 29.0 Å². The molecule has 4 nitrogen and oxygen atoms in total. The van der Waals surface area contributed by atoms with E-state index in [-0.39, 0.29) is 5.91 Å². The van der Waals surface area contributed by atoms with Gasteiger partial charge in [0.1, 0.15) is 0 Å². The molecule has 6 heteroatoms. The first-order chi connectivity index (χ1) is 10.6. The third-order valence-corrected chi connectivity index (χ3v) is 4.35. The van der Waals surface area contributed by atoms with E-state index in [0.717, 1.165) is 28.4 Å². The van der Waals surface area contributed by atoms with Crippen molar-refractivity contribution in [3.05, 3.63) is 45.4 Å². The lowest BCUT2D eigenvalue weighted by atomic mass is 10.1. The van der Waals surface area contributed by atoms with Crippen LogP contribution in [0, 0.1) is 0 Å². The summed E-state index contributed by atoms with van der Waals surface area (Å²) in [5.74, 6) is 0.396. The number of hydrogen-bond donors (Lipinski definition) is 1. The second-order valence-corrected chi connectivity index (χ2v) is 6.77. The molecule has 2 aromatic rings. The Morgan fingerprint density at radius 2 is 2.05 bits per heavy atom. The van der Waals surface area contributed by atoms with Gasteiger partial charge in [-0.25, -0.2) is 0 Å². The third-order valence-electron chi connectivity index (χ3n) is 3.36. The molecule has 0 bridgehead atoms. The summed E-state index contributed by atoms with van der Waals surface area (Å²) in [4.78, 5) is 12.9. The van der Waals surface area contributed by atoms with Crippen LogP contribution in [0.3, 0.4) is 0 Å². The molecule has 0 saturated heterocycles. The second kappa shape index (κ2) is 8.25. The molecule has 0 aliphatic rings. The minimum Gasteiger partial charge on any atom is -0.351 e. The Labute approximate surface area is 140 Å². The standard InChI is InChI=1S/C16H20ClN3OS/c1-11(2)16-14(22-20-19-16)10-18-15(21)5-3-4-12-6-8-13(17)9-7-12/h6-9,11H,3-5,10H2,1-2H3,(H,18,21). The fraction of sp³-hybridized carbons (Fsp3) is 0.438. The molecule has 0 aliphatic carbocycles. The molecule has 1 aromatic carbocycles. The molecule has 0 fully saturated rings. The van der Waals surface area contributed by atoms with E-state index in [0.29, 0.717) is 18.9 Å². The van der Waals surface area contributed by atoms with Gasteiger partial charge in [0, 0.05) is 11.4 Å². The van der Waals surface area contributed by atoms with Gasteiger partial charge >= 0.3 is 0 Å². The van der Waals surface area contributed by atoms with E-state index in [2.05, 4.69) is 28.8 Å². The number of nitrogens with one attached hydrogen (secondary N) is 1. The van der Waals surface area contributed by atoms with Gasteiger partial charge in [-0.1, -0.05) is 42.1 Å². The van der Waals surface area contributed by atoms with Crippen LogP contribution in [0.1, 0.15) is 48.7 Å². The van der Waals surface area contributed by atoms with Gasteiger partial charge in [0.25, 0.3) is 0 Å². The summed E-state index contributed by atoms with van der Waals surface area (Å²) >= 11 is 7.20. The van der Waals surface area contributed by atoms with Crippen molar-refractivity contribution in [2.75, 3.05) is 0 Å². The van der Waals surface area contributed by atoms with Gasteiger partial charge in [0.15, 0.2) is 0 Å². The van der Waals surface area contributed by atoms with E-state index < -0.39 is 0 Å². The highest BCUT2D eigenvalue weighted by molar-refractivity contribution is 7.05. The first-order valence-corrected chi connectivity index (χ1v) is 8.53. The first kappa shape index (κ1) is 16.9. The van der Waals surface area contributed by atoms with Gasteiger partial charge < -0.3 is 5.32 Å². The summed E-state index contributed by atoms with van der Waals surface area (Å²) in [6.07, 6.45) is 2.22. The average Bonchev–Trinajstić information content (AvgIpc) is 2.96. The molecule has 2 rings (SSSR count). The molecule has 1 heterocycles. The molecule has 118 valence electrons. The number of aryl methyl sites for hydroxylation is 1. The van der Waals surface area contributed by atoms with Crippen LogP contribution >= 0.6 is 23.1 Å². The normalized spacial score (nSPS) is 10.9. The number of halogens is 1. The van der Waals surface area contributed by atoms with Crippen LogP contribution in [0.4, 0.5) is 0 Å². The van der Waals surface area contributed by atoms with Gasteiger partial charge in [0.2, 0.25) is 5.91 Å². The Bertz CT molecular complexity index is 610. The van der Waals surface area contributed by atoms with Crippen molar-refractivity contribution in [1.29, 1.82) is 0 Å². The van der Waals surface area contributed by atoms with E-state index in [9.17, 15) is 4.79 Å². The van der Waals surface area contributed by atoms with Crippen LogP contribution in [0.2, 0.25) is 5.02 Å². The van der Waals surface area contributed by atoms with Crippen molar-refractivity contribution < 1.29 is 4.79 Å². The fourth-order valence-corrected chi connectivity index (χ4v) is 3.01. The molecule has 0 saturated carbocycles. The third kappa shape index (κ3) is 5.07. The maximum absolute atomic E-state index is 11.9. The number of benzene rings is 1. The zero-order valence-corrected chi connectivity index (χ0v) is 14.4. The number of rotatable bonds is 7. The highest BCUT2D eigenvalue weighted by atomic mass is 35.5. The predicted octanol–water partition coefficient (Wildman–Crippen LogP) is 3.95. The average molecular weight is 338 g/mol. The van der Waals surface area contributed by atoms with Crippen LogP contribution in [-0.4, -0.2) is 15.5 Å². The summed E-state index contributed by atoms with van der Waals surface area (Å²) < 4.78 is 3.96. The Balaban J connectivity index is 1.72. The SMILES string of the molecule is CC(C)c1nnsc1CNC(=O)CCCc1ccc(Cl)cc1. The van der Waals surface area contributed by atoms with E-state index in [1.54, 1.807) is 0 Å². The molecular formula is C16H20ClN3OS. The summed E-state index contributed by atoms with van der Waals surface area (Å²) in [6, 6.07) is 7.75. The minimum atomic E-state index is 0.0667. The number of amides is 1. The van der Waals surface area contributed by atoms with Gasteiger partial charge in [-0.05, 0) is 48.0 Å². The zero-order valence-electron chi connectivity index (χ0n) is 12.8. The number of aromatic nitrogens is 2. The second-order valence-electron chi connectivity index (χ2n) is 5.49. The summed E-state index contributed by atoms with van der Waals surface area (Å²) in [5, 5.41) is 7.79. The topological polar surface area (TPSA) is 54.9 Å². The first-order valence-electron chi connectivity index (χ1n) is 7.38. The summed E-state index contributed by atoms with van der Waals surface area (Å²) in [6.45, 7) is 4.67. The molecule has 1 N–H and O–H groups in total. The van der Waals surface area contributed by atoms with Crippen molar-refractivity contribution in [2.24, 2.45) is 0 Å². The predicted molar refractivity (Wildman–Crippen MR) is 90.2 cm³/mol. The Kier molecular flexibility index (Phi) is 6.34. The molecule has 0 unspecified atom stereocenters. The van der Waals surface area contributed by atoms with Crippen molar-refractivity contribution in [1.82, 2.24) is 14.9 Å². The van der Waals surface area contributed by atoms with Crippen LogP contribution in [-0.2, 0) is 17.8 Å². The van der Waals surface area contributed by atoms with Crippen LogP contribution in [0.5, 0.6) is 0 Å². The van der Waals surface area contributed by atoms with Crippen molar-refractivity contribution in [3.8, 4) is 0 Å². The molecule has 0 aliphatic heterocycles. The van der Waals surface area contributed by atoms with Gasteiger partial charge in [0.05, 0.1) is 17.1 Å². The van der Waals surface area contributed by atoms with E-state index in [4.69, 9.17) is 11.6 Å². The molecule has 0 radical (unpaired) electrons. The Morgan fingerprint density at radius 3 is 2.73 bits per heavy atom. The lowest BCUT2D eigenvalue weighted by Crippen LogP contribution is -2.22. The lowest BCUT2D eigenvalue weighted by Gasteiger charge is -2.06. The number of nitrogens with zero attached hydrogens (tertiary/aromatic N) is 2. The number of hydrogen-bond acceptors (Lipinski definition) is 4. The van der Waals surface area contributed by atoms with E-state index in [1.807, 2.05) is 24.3 Å². The monoisotopic (exact) mass is 337 g/mol. The molecule has 0 spiro atoms. The summed E-state index contributed by atoms with van der Waals surface area (Å²) in [5.41, 5.74) is 2.18. The van der Waals surface area contributed by atoms with Gasteiger partial charge in [-0.3, -0.25) is 4.79 Å². The molecule has 0 atom stereocenters. The maximum atomic E-state index is 11.9. The Morgan fingerprint density at radius 1 is 1.32 bits per heavy atom. The Hall–Kier alpha value is -1.46. The fourth-order valence-electron chi connectivity index (χ4n) is 2.15. The molecular weight excluding hydrogens is 318 g/mol. The van der Waals surface area contributed by atoms with Gasteiger partial charge in [-0.15, -0.1) is 5.10 Å². The number of carbonyl (C=O) groups is 1.